The number of halogens is 2. The number of carbonyl (C=O) groups excluding carboxylic acids is 1. The zero-order valence-corrected chi connectivity index (χ0v) is 13.9. The van der Waals surface area contributed by atoms with Crippen molar-refractivity contribution < 1.29 is 14.3 Å². The van der Waals surface area contributed by atoms with Gasteiger partial charge in [0.15, 0.2) is 0 Å². The molecule has 0 saturated carbocycles. The summed E-state index contributed by atoms with van der Waals surface area (Å²) in [6.45, 7) is 0.353. The Morgan fingerprint density at radius 2 is 1.96 bits per heavy atom. The van der Waals surface area contributed by atoms with Crippen LogP contribution in [0.2, 0.25) is 10.0 Å². The van der Waals surface area contributed by atoms with Gasteiger partial charge < -0.3 is 14.4 Å². The van der Waals surface area contributed by atoms with Crippen LogP contribution in [-0.4, -0.2) is 42.7 Å². The van der Waals surface area contributed by atoms with Crippen molar-refractivity contribution >= 4 is 35.1 Å². The largest absolute Gasteiger partial charge is 0.488 e. The van der Waals surface area contributed by atoms with Crippen molar-refractivity contribution in [1.29, 1.82) is 0 Å². The van der Waals surface area contributed by atoms with Gasteiger partial charge in [0.25, 0.3) is 0 Å². The molecular weight excluding hydrogens is 341 g/mol. The maximum atomic E-state index is 11.7. The third kappa shape index (κ3) is 5.58. The molecule has 1 aromatic heterocycles. The SMILES string of the molecule is CN(CC(=O)OCCOc1ccc(Cl)cc1Cl)c1ncccn1. The molecule has 0 atom stereocenters. The molecule has 0 bridgehead atoms. The monoisotopic (exact) mass is 355 g/mol. The normalized spacial score (nSPS) is 10.2. The van der Waals surface area contributed by atoms with Crippen molar-refractivity contribution in [3.8, 4) is 5.75 Å². The lowest BCUT2D eigenvalue weighted by Crippen LogP contribution is -2.29. The second kappa shape index (κ2) is 8.55. The quantitative estimate of drug-likeness (QED) is 0.562. The number of esters is 1. The van der Waals surface area contributed by atoms with E-state index in [9.17, 15) is 4.79 Å². The van der Waals surface area contributed by atoms with Gasteiger partial charge in [-0.1, -0.05) is 23.2 Å². The smallest absolute Gasteiger partial charge is 0.325 e. The molecule has 0 unspecified atom stereocenters. The van der Waals surface area contributed by atoms with Gasteiger partial charge in [0.1, 0.15) is 25.5 Å². The van der Waals surface area contributed by atoms with Crippen LogP contribution in [0.3, 0.4) is 0 Å². The number of ether oxygens (including phenoxy) is 2. The van der Waals surface area contributed by atoms with E-state index in [1.54, 1.807) is 48.6 Å². The second-order valence-corrected chi connectivity index (χ2v) is 5.39. The van der Waals surface area contributed by atoms with E-state index in [1.165, 1.54) is 0 Å². The van der Waals surface area contributed by atoms with Crippen molar-refractivity contribution in [2.24, 2.45) is 0 Å². The molecule has 2 aromatic rings. The predicted octanol–water partition coefficient (Wildman–Crippen LogP) is 2.84. The van der Waals surface area contributed by atoms with Gasteiger partial charge in [-0.3, -0.25) is 4.79 Å². The number of nitrogens with zero attached hydrogens (tertiary/aromatic N) is 3. The van der Waals surface area contributed by atoms with Crippen LogP contribution in [-0.2, 0) is 9.53 Å². The van der Waals surface area contributed by atoms with Gasteiger partial charge in [0, 0.05) is 24.5 Å². The number of hydrogen-bond donors (Lipinski definition) is 0. The van der Waals surface area contributed by atoms with E-state index in [1.807, 2.05) is 0 Å². The van der Waals surface area contributed by atoms with E-state index < -0.39 is 5.97 Å². The van der Waals surface area contributed by atoms with Gasteiger partial charge >= 0.3 is 5.97 Å². The summed E-state index contributed by atoms with van der Waals surface area (Å²) in [5, 5.41) is 0.935. The third-order valence-corrected chi connectivity index (χ3v) is 3.29. The molecule has 6 nitrogen and oxygen atoms in total. The molecule has 8 heteroatoms. The average molecular weight is 356 g/mol. The minimum Gasteiger partial charge on any atom is -0.488 e. The summed E-state index contributed by atoms with van der Waals surface area (Å²) in [6.07, 6.45) is 3.21. The minimum absolute atomic E-state index is 0.0473. The van der Waals surface area contributed by atoms with Gasteiger partial charge in [0.2, 0.25) is 5.95 Å². The van der Waals surface area contributed by atoms with E-state index in [0.717, 1.165) is 0 Å². The fourth-order valence-corrected chi connectivity index (χ4v) is 2.16. The fourth-order valence-electron chi connectivity index (χ4n) is 1.70. The topological polar surface area (TPSA) is 64.6 Å². The molecule has 0 aliphatic rings. The molecular formula is C15H15Cl2N3O3. The molecule has 0 aliphatic carbocycles. The first kappa shape index (κ1) is 17.3. The highest BCUT2D eigenvalue weighted by molar-refractivity contribution is 6.35. The number of hydrogen-bond acceptors (Lipinski definition) is 6. The first-order valence-electron chi connectivity index (χ1n) is 6.78. The summed E-state index contributed by atoms with van der Waals surface area (Å²) >= 11 is 11.8. The van der Waals surface area contributed by atoms with Gasteiger partial charge in [0.05, 0.1) is 5.02 Å². The fraction of sp³-hybridized carbons (Fsp3) is 0.267. The van der Waals surface area contributed by atoms with Crippen molar-refractivity contribution in [3.05, 3.63) is 46.7 Å². The standard InChI is InChI=1S/C15H15Cl2N3O3/c1-20(15-18-5-2-6-19-15)10-14(21)23-8-7-22-13-4-3-11(16)9-12(13)17/h2-6,9H,7-8,10H2,1H3. The summed E-state index contributed by atoms with van der Waals surface area (Å²) in [5.41, 5.74) is 0. The molecule has 1 heterocycles. The van der Waals surface area contributed by atoms with Crippen LogP contribution >= 0.6 is 23.2 Å². The lowest BCUT2D eigenvalue weighted by molar-refractivity contribution is -0.142. The zero-order chi connectivity index (χ0) is 16.7. The maximum absolute atomic E-state index is 11.7. The zero-order valence-electron chi connectivity index (χ0n) is 12.4. The van der Waals surface area contributed by atoms with Crippen LogP contribution in [0.25, 0.3) is 0 Å². The number of likely N-dealkylation sites (N-methyl/N-ethyl adjacent to an activating group) is 1. The summed E-state index contributed by atoms with van der Waals surface area (Å²) < 4.78 is 10.5. The van der Waals surface area contributed by atoms with E-state index in [4.69, 9.17) is 32.7 Å². The Kier molecular flexibility index (Phi) is 6.43. The molecule has 1 aromatic carbocycles. The molecule has 0 radical (unpaired) electrons. The number of benzene rings is 1. The van der Waals surface area contributed by atoms with E-state index in [0.29, 0.717) is 21.7 Å². The van der Waals surface area contributed by atoms with Crippen molar-refractivity contribution in [2.45, 2.75) is 0 Å². The van der Waals surface area contributed by atoms with Crippen LogP contribution in [0.5, 0.6) is 5.75 Å². The molecule has 23 heavy (non-hydrogen) atoms. The summed E-state index contributed by atoms with van der Waals surface area (Å²) in [4.78, 5) is 21.4. The second-order valence-electron chi connectivity index (χ2n) is 4.55. The number of carbonyl (C=O) groups is 1. The van der Waals surface area contributed by atoms with Crippen LogP contribution < -0.4 is 9.64 Å². The lowest BCUT2D eigenvalue weighted by atomic mass is 10.3. The molecule has 122 valence electrons. The molecule has 0 amide bonds. The highest BCUT2D eigenvalue weighted by atomic mass is 35.5. The van der Waals surface area contributed by atoms with E-state index >= 15 is 0 Å². The minimum atomic E-state index is -0.397. The highest BCUT2D eigenvalue weighted by Crippen LogP contribution is 2.27. The Bertz CT molecular complexity index is 656. The molecule has 0 fully saturated rings. The van der Waals surface area contributed by atoms with Crippen molar-refractivity contribution in [3.63, 3.8) is 0 Å². The summed E-state index contributed by atoms with van der Waals surface area (Å²) in [5.74, 6) is 0.543. The number of rotatable bonds is 7. The van der Waals surface area contributed by atoms with Crippen LogP contribution in [0, 0.1) is 0 Å². The Balaban J connectivity index is 1.70. The summed E-state index contributed by atoms with van der Waals surface area (Å²) in [6, 6.07) is 6.62. The summed E-state index contributed by atoms with van der Waals surface area (Å²) in [7, 11) is 1.71. The molecule has 0 aliphatic heterocycles. The maximum Gasteiger partial charge on any atom is 0.325 e. The van der Waals surface area contributed by atoms with E-state index in [-0.39, 0.29) is 19.8 Å². The lowest BCUT2D eigenvalue weighted by Gasteiger charge is -2.15. The molecule has 0 saturated heterocycles. The molecule has 0 N–H and O–H groups in total. The van der Waals surface area contributed by atoms with Gasteiger partial charge in [-0.25, -0.2) is 9.97 Å². The predicted molar refractivity (Wildman–Crippen MR) is 88.2 cm³/mol. The van der Waals surface area contributed by atoms with Crippen LogP contribution in [0.15, 0.2) is 36.7 Å². The van der Waals surface area contributed by atoms with Gasteiger partial charge in [-0.15, -0.1) is 0 Å². The van der Waals surface area contributed by atoms with Gasteiger partial charge in [-0.05, 0) is 24.3 Å². The Morgan fingerprint density at radius 1 is 1.22 bits per heavy atom. The average Bonchev–Trinajstić information content (AvgIpc) is 2.54. The first-order valence-corrected chi connectivity index (χ1v) is 7.53. The molecule has 2 rings (SSSR count). The van der Waals surface area contributed by atoms with Gasteiger partial charge in [-0.2, -0.15) is 0 Å². The number of aromatic nitrogens is 2. The van der Waals surface area contributed by atoms with E-state index in [2.05, 4.69) is 9.97 Å². The Labute approximate surface area is 144 Å². The first-order chi connectivity index (χ1) is 11.1. The van der Waals surface area contributed by atoms with Crippen LogP contribution in [0.1, 0.15) is 0 Å². The molecule has 0 spiro atoms. The third-order valence-electron chi connectivity index (χ3n) is 2.76. The van der Waals surface area contributed by atoms with Crippen molar-refractivity contribution in [1.82, 2.24) is 9.97 Å². The van der Waals surface area contributed by atoms with Crippen LogP contribution in [0.4, 0.5) is 5.95 Å². The number of anilines is 1. The Morgan fingerprint density at radius 3 is 2.65 bits per heavy atom. The van der Waals surface area contributed by atoms with Crippen molar-refractivity contribution in [2.75, 3.05) is 31.7 Å². The Hall–Kier alpha value is -2.05. The highest BCUT2D eigenvalue weighted by Gasteiger charge is 2.10.